The van der Waals surface area contributed by atoms with Crippen LogP contribution in [0, 0.1) is 6.92 Å². The van der Waals surface area contributed by atoms with Crippen molar-refractivity contribution in [2.24, 2.45) is 0 Å². The minimum atomic E-state index is 0.779. The Morgan fingerprint density at radius 2 is 2.07 bits per heavy atom. The fraction of sp³-hybridized carbons (Fsp3) is 0.500. The van der Waals surface area contributed by atoms with Gasteiger partial charge in [0.25, 0.3) is 0 Å². The van der Waals surface area contributed by atoms with Gasteiger partial charge in [0.1, 0.15) is 5.82 Å². The van der Waals surface area contributed by atoms with Gasteiger partial charge in [-0.25, -0.2) is 15.0 Å². The first-order valence-electron chi connectivity index (χ1n) is 5.00. The lowest BCUT2D eigenvalue weighted by molar-refractivity contribution is 0.775. The van der Waals surface area contributed by atoms with E-state index in [0.717, 1.165) is 29.4 Å². The maximum Gasteiger partial charge on any atom is 0.165 e. The Bertz CT molecular complexity index is 486. The number of imidazole rings is 1. The highest BCUT2D eigenvalue weighted by Gasteiger charge is 2.11. The zero-order valence-electron chi connectivity index (χ0n) is 9.52. The summed E-state index contributed by atoms with van der Waals surface area (Å²) in [5.74, 6) is 1.66. The minimum Gasteiger partial charge on any atom is -0.361 e. The molecule has 0 N–H and O–H groups in total. The number of nitrogens with zero attached hydrogens (tertiary/aromatic N) is 5. The highest BCUT2D eigenvalue weighted by Crippen LogP contribution is 2.20. The minimum absolute atomic E-state index is 0.779. The van der Waals surface area contributed by atoms with Gasteiger partial charge in [-0.3, -0.25) is 0 Å². The molecule has 2 heterocycles. The molecule has 0 aliphatic rings. The standard InChI is InChI=1S/C10H15N5/c1-5-15-6-11-8-9(14(3)4)12-7(2)13-10(8)15/h6H,5H2,1-4H3. The molecule has 0 saturated carbocycles. The van der Waals surface area contributed by atoms with Crippen LogP contribution in [0.15, 0.2) is 6.33 Å². The maximum absolute atomic E-state index is 4.41. The zero-order chi connectivity index (χ0) is 11.0. The average Bonchev–Trinajstić information content (AvgIpc) is 2.58. The average molecular weight is 205 g/mol. The van der Waals surface area contributed by atoms with Crippen molar-refractivity contribution in [2.75, 3.05) is 19.0 Å². The van der Waals surface area contributed by atoms with Crippen molar-refractivity contribution in [1.29, 1.82) is 0 Å². The summed E-state index contributed by atoms with van der Waals surface area (Å²) in [7, 11) is 3.93. The quantitative estimate of drug-likeness (QED) is 0.739. The Labute approximate surface area is 88.8 Å². The van der Waals surface area contributed by atoms with E-state index < -0.39 is 0 Å². The lowest BCUT2D eigenvalue weighted by Crippen LogP contribution is -2.12. The number of anilines is 1. The largest absolute Gasteiger partial charge is 0.361 e. The normalized spacial score (nSPS) is 10.9. The van der Waals surface area contributed by atoms with Crippen molar-refractivity contribution < 1.29 is 0 Å². The van der Waals surface area contributed by atoms with E-state index in [2.05, 4.69) is 21.9 Å². The van der Waals surface area contributed by atoms with Gasteiger partial charge in [0, 0.05) is 20.6 Å². The third-order valence-corrected chi connectivity index (χ3v) is 2.32. The fourth-order valence-electron chi connectivity index (χ4n) is 1.58. The predicted molar refractivity (Wildman–Crippen MR) is 60.1 cm³/mol. The number of hydrogen-bond acceptors (Lipinski definition) is 4. The molecule has 0 aliphatic heterocycles. The third-order valence-electron chi connectivity index (χ3n) is 2.32. The molecule has 0 saturated heterocycles. The van der Waals surface area contributed by atoms with Crippen molar-refractivity contribution in [2.45, 2.75) is 20.4 Å². The van der Waals surface area contributed by atoms with E-state index in [-0.39, 0.29) is 0 Å². The van der Waals surface area contributed by atoms with E-state index >= 15 is 0 Å². The topological polar surface area (TPSA) is 46.8 Å². The van der Waals surface area contributed by atoms with E-state index in [4.69, 9.17) is 0 Å². The van der Waals surface area contributed by atoms with Crippen molar-refractivity contribution >= 4 is 17.0 Å². The molecule has 2 aromatic rings. The van der Waals surface area contributed by atoms with Gasteiger partial charge in [-0.2, -0.15) is 0 Å². The molecule has 0 aromatic carbocycles. The van der Waals surface area contributed by atoms with Gasteiger partial charge in [-0.15, -0.1) is 0 Å². The molecule has 0 bridgehead atoms. The van der Waals surface area contributed by atoms with Crippen LogP contribution in [-0.2, 0) is 6.54 Å². The third kappa shape index (κ3) is 1.54. The summed E-state index contributed by atoms with van der Waals surface area (Å²) in [5, 5.41) is 0. The van der Waals surface area contributed by atoms with Crippen LogP contribution in [0.4, 0.5) is 5.82 Å². The van der Waals surface area contributed by atoms with Gasteiger partial charge in [-0.05, 0) is 13.8 Å². The number of aromatic nitrogens is 4. The SMILES string of the molecule is CCn1cnc2c(N(C)C)nc(C)nc21. The van der Waals surface area contributed by atoms with Crippen LogP contribution >= 0.6 is 0 Å². The Kier molecular flexibility index (Phi) is 2.30. The van der Waals surface area contributed by atoms with Crippen molar-refractivity contribution in [3.8, 4) is 0 Å². The van der Waals surface area contributed by atoms with E-state index in [1.807, 2.05) is 36.8 Å². The van der Waals surface area contributed by atoms with Crippen LogP contribution in [0.25, 0.3) is 11.2 Å². The summed E-state index contributed by atoms with van der Waals surface area (Å²) >= 11 is 0. The highest BCUT2D eigenvalue weighted by atomic mass is 15.2. The number of rotatable bonds is 2. The first-order valence-corrected chi connectivity index (χ1v) is 5.00. The molecule has 80 valence electrons. The monoisotopic (exact) mass is 205 g/mol. The van der Waals surface area contributed by atoms with Gasteiger partial charge in [0.05, 0.1) is 6.33 Å². The summed E-state index contributed by atoms with van der Waals surface area (Å²) in [6.07, 6.45) is 1.81. The molecule has 0 spiro atoms. The Morgan fingerprint density at radius 3 is 2.67 bits per heavy atom. The van der Waals surface area contributed by atoms with Crippen LogP contribution in [0.5, 0.6) is 0 Å². The summed E-state index contributed by atoms with van der Waals surface area (Å²) < 4.78 is 2.02. The van der Waals surface area contributed by atoms with Crippen molar-refractivity contribution in [1.82, 2.24) is 19.5 Å². The molecule has 5 heteroatoms. The summed E-state index contributed by atoms with van der Waals surface area (Å²) in [5.41, 5.74) is 1.78. The number of fused-ring (bicyclic) bond motifs is 1. The van der Waals surface area contributed by atoms with Gasteiger partial charge in [0.2, 0.25) is 0 Å². The molecule has 2 rings (SSSR count). The Hall–Kier alpha value is -1.65. The molecular weight excluding hydrogens is 190 g/mol. The fourth-order valence-corrected chi connectivity index (χ4v) is 1.58. The van der Waals surface area contributed by atoms with Crippen LogP contribution in [-0.4, -0.2) is 33.6 Å². The zero-order valence-corrected chi connectivity index (χ0v) is 9.52. The summed E-state index contributed by atoms with van der Waals surface area (Å²) in [4.78, 5) is 15.1. The lowest BCUT2D eigenvalue weighted by atomic mass is 10.4. The lowest BCUT2D eigenvalue weighted by Gasteiger charge is -2.12. The van der Waals surface area contributed by atoms with Gasteiger partial charge in [-0.1, -0.05) is 0 Å². The molecule has 15 heavy (non-hydrogen) atoms. The van der Waals surface area contributed by atoms with Gasteiger partial charge >= 0.3 is 0 Å². The second kappa shape index (κ2) is 3.49. The van der Waals surface area contributed by atoms with E-state index in [0.29, 0.717) is 0 Å². The molecule has 5 nitrogen and oxygen atoms in total. The Morgan fingerprint density at radius 1 is 1.33 bits per heavy atom. The predicted octanol–water partition coefficient (Wildman–Crippen LogP) is 1.22. The molecule has 0 radical (unpaired) electrons. The molecule has 0 atom stereocenters. The van der Waals surface area contributed by atoms with Crippen LogP contribution in [0.3, 0.4) is 0 Å². The van der Waals surface area contributed by atoms with Gasteiger partial charge in [0.15, 0.2) is 17.0 Å². The molecule has 0 aliphatic carbocycles. The molecule has 2 aromatic heterocycles. The highest BCUT2D eigenvalue weighted by molar-refractivity contribution is 5.83. The summed E-state index contributed by atoms with van der Waals surface area (Å²) in [6.45, 7) is 4.85. The van der Waals surface area contributed by atoms with E-state index in [1.165, 1.54) is 0 Å². The summed E-state index contributed by atoms with van der Waals surface area (Å²) in [6, 6.07) is 0. The second-order valence-corrected chi connectivity index (χ2v) is 3.69. The van der Waals surface area contributed by atoms with Crippen LogP contribution < -0.4 is 4.90 Å². The van der Waals surface area contributed by atoms with E-state index in [9.17, 15) is 0 Å². The van der Waals surface area contributed by atoms with Crippen molar-refractivity contribution in [3.63, 3.8) is 0 Å². The van der Waals surface area contributed by atoms with Crippen LogP contribution in [0.2, 0.25) is 0 Å². The van der Waals surface area contributed by atoms with E-state index in [1.54, 1.807) is 0 Å². The number of hydrogen-bond donors (Lipinski definition) is 0. The second-order valence-electron chi connectivity index (χ2n) is 3.69. The number of aryl methyl sites for hydroxylation is 2. The maximum atomic E-state index is 4.41. The Balaban J connectivity index is 2.76. The smallest absolute Gasteiger partial charge is 0.165 e. The first kappa shape index (κ1) is 9.89. The molecular formula is C10H15N5. The van der Waals surface area contributed by atoms with Gasteiger partial charge < -0.3 is 9.47 Å². The van der Waals surface area contributed by atoms with Crippen molar-refractivity contribution in [3.05, 3.63) is 12.2 Å². The van der Waals surface area contributed by atoms with Crippen LogP contribution in [0.1, 0.15) is 12.7 Å². The molecule has 0 unspecified atom stereocenters. The first-order chi connectivity index (χ1) is 7.13. The molecule has 0 fully saturated rings. The molecule has 0 amide bonds.